The maximum absolute atomic E-state index is 13.0. The quantitative estimate of drug-likeness (QED) is 0.751. The van der Waals surface area contributed by atoms with Crippen LogP contribution in [0.1, 0.15) is 35.8 Å². The first-order valence-electron chi connectivity index (χ1n) is 7.57. The molecular formula is C16H19Cl2F2N3O2. The molecule has 1 aliphatic rings. The van der Waals surface area contributed by atoms with Gasteiger partial charge in [-0.2, -0.15) is 5.10 Å². The van der Waals surface area contributed by atoms with Crippen LogP contribution < -0.4 is 5.32 Å². The second-order valence-electron chi connectivity index (χ2n) is 5.87. The largest absolute Gasteiger partial charge is 0.377 e. The Bertz CT molecular complexity index is 706. The number of carbonyl (C=O) groups excluding carboxylic acids is 1. The SMILES string of the molecule is COC(C(C)NC(=O)c1cn(C)nc1C(F)F)C1(Cl)C=CC(Cl)=CC1. The van der Waals surface area contributed by atoms with E-state index < -0.39 is 35.0 Å². The number of alkyl halides is 3. The van der Waals surface area contributed by atoms with E-state index in [0.717, 1.165) is 0 Å². The normalized spacial score (nSPS) is 22.6. The van der Waals surface area contributed by atoms with Gasteiger partial charge in [0, 0.05) is 25.4 Å². The third kappa shape index (κ3) is 4.40. The second-order valence-corrected chi connectivity index (χ2v) is 7.01. The minimum atomic E-state index is -2.84. The number of amides is 1. The van der Waals surface area contributed by atoms with E-state index in [1.165, 1.54) is 25.0 Å². The number of hydrogen-bond donors (Lipinski definition) is 1. The van der Waals surface area contributed by atoms with Gasteiger partial charge in [-0.3, -0.25) is 9.48 Å². The van der Waals surface area contributed by atoms with Gasteiger partial charge < -0.3 is 10.1 Å². The number of hydrogen-bond acceptors (Lipinski definition) is 3. The molecule has 138 valence electrons. The highest BCUT2D eigenvalue weighted by atomic mass is 35.5. The van der Waals surface area contributed by atoms with Gasteiger partial charge in [0.1, 0.15) is 5.69 Å². The summed E-state index contributed by atoms with van der Waals surface area (Å²) in [5.74, 6) is -0.661. The fourth-order valence-corrected chi connectivity index (χ4v) is 3.40. The van der Waals surface area contributed by atoms with Crippen molar-refractivity contribution >= 4 is 29.1 Å². The zero-order valence-corrected chi connectivity index (χ0v) is 15.5. The Hall–Kier alpha value is -1.44. The van der Waals surface area contributed by atoms with Crippen LogP contribution in [0.15, 0.2) is 29.5 Å². The Labute approximate surface area is 154 Å². The van der Waals surface area contributed by atoms with Crippen LogP contribution in [0.25, 0.3) is 0 Å². The molecule has 25 heavy (non-hydrogen) atoms. The molecule has 1 N–H and O–H groups in total. The van der Waals surface area contributed by atoms with Crippen molar-refractivity contribution in [3.63, 3.8) is 0 Å². The number of aromatic nitrogens is 2. The standard InChI is InChI=1S/C16H19Cl2F2N3O2/c1-9(13(25-3)16(18)6-4-10(17)5-7-16)21-15(24)11-8-23(2)22-12(11)14(19)20/h4-6,8-9,13-14H,7H2,1-3H3,(H,21,24). The molecule has 1 aliphatic carbocycles. The molecule has 1 aromatic rings. The smallest absolute Gasteiger partial charge is 0.282 e. The minimum absolute atomic E-state index is 0.176. The number of ether oxygens (including phenoxy) is 1. The second kappa shape index (κ2) is 7.85. The van der Waals surface area contributed by atoms with Crippen molar-refractivity contribution in [3.05, 3.63) is 40.7 Å². The van der Waals surface area contributed by atoms with Crippen molar-refractivity contribution in [3.8, 4) is 0 Å². The van der Waals surface area contributed by atoms with Crippen LogP contribution >= 0.6 is 23.2 Å². The van der Waals surface area contributed by atoms with Crippen LogP contribution in [0.4, 0.5) is 8.78 Å². The fraction of sp³-hybridized carbons (Fsp3) is 0.500. The van der Waals surface area contributed by atoms with E-state index in [0.29, 0.717) is 11.5 Å². The summed E-state index contributed by atoms with van der Waals surface area (Å²) in [5, 5.41) is 6.87. The minimum Gasteiger partial charge on any atom is -0.377 e. The van der Waals surface area contributed by atoms with Crippen LogP contribution in [0.5, 0.6) is 0 Å². The first kappa shape index (κ1) is 19.9. The first-order chi connectivity index (χ1) is 11.7. The van der Waals surface area contributed by atoms with Crippen LogP contribution in [0, 0.1) is 0 Å². The summed E-state index contributed by atoms with van der Waals surface area (Å²) in [6.07, 6.45) is 3.36. The zero-order valence-electron chi connectivity index (χ0n) is 14.0. The maximum atomic E-state index is 13.0. The number of methoxy groups -OCH3 is 1. The molecule has 1 amide bonds. The highest BCUT2D eigenvalue weighted by molar-refractivity contribution is 6.32. The molecule has 5 nitrogen and oxygen atoms in total. The fourth-order valence-electron chi connectivity index (χ4n) is 2.84. The van der Waals surface area contributed by atoms with Crippen molar-refractivity contribution in [1.29, 1.82) is 0 Å². The topological polar surface area (TPSA) is 56.1 Å². The molecule has 0 bridgehead atoms. The summed E-state index contributed by atoms with van der Waals surface area (Å²) in [4.78, 5) is 11.5. The molecule has 1 heterocycles. The van der Waals surface area contributed by atoms with Gasteiger partial charge >= 0.3 is 0 Å². The van der Waals surface area contributed by atoms with Crippen molar-refractivity contribution in [2.24, 2.45) is 7.05 Å². The average Bonchev–Trinajstić information content (AvgIpc) is 2.93. The molecule has 3 atom stereocenters. The lowest BCUT2D eigenvalue weighted by Crippen LogP contribution is -2.51. The number of nitrogens with one attached hydrogen (secondary N) is 1. The van der Waals surface area contributed by atoms with Crippen molar-refractivity contribution in [2.45, 2.75) is 36.8 Å². The Morgan fingerprint density at radius 2 is 2.20 bits per heavy atom. The number of carbonyl (C=O) groups is 1. The average molecular weight is 394 g/mol. The summed E-state index contributed by atoms with van der Waals surface area (Å²) in [6, 6.07) is -0.546. The Morgan fingerprint density at radius 1 is 1.52 bits per heavy atom. The van der Waals surface area contributed by atoms with E-state index in [-0.39, 0.29) is 5.56 Å². The maximum Gasteiger partial charge on any atom is 0.282 e. The summed E-state index contributed by atoms with van der Waals surface area (Å²) in [6.45, 7) is 1.70. The molecule has 0 radical (unpaired) electrons. The molecule has 0 saturated heterocycles. The van der Waals surface area contributed by atoms with Crippen LogP contribution in [0.3, 0.4) is 0 Å². The van der Waals surface area contributed by atoms with Gasteiger partial charge in [0.25, 0.3) is 12.3 Å². The predicted octanol–water partition coefficient (Wildman–Crippen LogP) is 3.55. The van der Waals surface area contributed by atoms with E-state index in [4.69, 9.17) is 27.9 Å². The lowest BCUT2D eigenvalue weighted by Gasteiger charge is -2.36. The monoisotopic (exact) mass is 393 g/mol. The lowest BCUT2D eigenvalue weighted by atomic mass is 9.89. The van der Waals surface area contributed by atoms with Crippen LogP contribution in [0.2, 0.25) is 0 Å². The first-order valence-corrected chi connectivity index (χ1v) is 8.32. The highest BCUT2D eigenvalue weighted by Gasteiger charge is 2.40. The molecule has 0 spiro atoms. The van der Waals surface area contributed by atoms with Gasteiger partial charge in [-0.1, -0.05) is 23.8 Å². The Morgan fingerprint density at radius 3 is 2.72 bits per heavy atom. The summed E-state index contributed by atoms with van der Waals surface area (Å²) in [5.41, 5.74) is -0.737. The van der Waals surface area contributed by atoms with Crippen molar-refractivity contribution < 1.29 is 18.3 Å². The lowest BCUT2D eigenvalue weighted by molar-refractivity contribution is 0.0479. The predicted molar refractivity (Wildman–Crippen MR) is 92.2 cm³/mol. The van der Waals surface area contributed by atoms with Gasteiger partial charge in [0.2, 0.25) is 0 Å². The summed E-state index contributed by atoms with van der Waals surface area (Å²) < 4.78 is 32.7. The molecule has 1 aromatic heterocycles. The highest BCUT2D eigenvalue weighted by Crippen LogP contribution is 2.35. The molecule has 0 aromatic carbocycles. The van der Waals surface area contributed by atoms with Gasteiger partial charge in [-0.15, -0.1) is 11.6 Å². The molecular weight excluding hydrogens is 375 g/mol. The van der Waals surface area contributed by atoms with E-state index in [1.54, 1.807) is 25.2 Å². The van der Waals surface area contributed by atoms with Gasteiger partial charge in [-0.25, -0.2) is 8.78 Å². The number of allylic oxidation sites excluding steroid dienone is 3. The van der Waals surface area contributed by atoms with E-state index in [9.17, 15) is 13.6 Å². The van der Waals surface area contributed by atoms with Crippen LogP contribution in [-0.4, -0.2) is 39.8 Å². The van der Waals surface area contributed by atoms with Crippen molar-refractivity contribution in [2.75, 3.05) is 7.11 Å². The number of rotatable bonds is 6. The van der Waals surface area contributed by atoms with Crippen LogP contribution in [-0.2, 0) is 11.8 Å². The van der Waals surface area contributed by atoms with E-state index in [1.807, 2.05) is 0 Å². The number of halogens is 4. The van der Waals surface area contributed by atoms with Crippen molar-refractivity contribution in [1.82, 2.24) is 15.1 Å². The molecule has 9 heteroatoms. The van der Waals surface area contributed by atoms with Gasteiger partial charge in [0.15, 0.2) is 0 Å². The zero-order chi connectivity index (χ0) is 18.8. The van der Waals surface area contributed by atoms with E-state index >= 15 is 0 Å². The molecule has 3 unspecified atom stereocenters. The number of aryl methyl sites for hydroxylation is 1. The van der Waals surface area contributed by atoms with Gasteiger partial charge in [0.05, 0.1) is 22.6 Å². The Balaban J connectivity index is 2.16. The summed E-state index contributed by atoms with van der Waals surface area (Å²) >= 11 is 12.5. The van der Waals surface area contributed by atoms with Gasteiger partial charge in [-0.05, 0) is 19.4 Å². The molecule has 0 saturated carbocycles. The Kier molecular flexibility index (Phi) is 6.24. The molecule has 0 aliphatic heterocycles. The third-order valence-corrected chi connectivity index (χ3v) is 4.75. The molecule has 2 rings (SSSR count). The van der Waals surface area contributed by atoms with E-state index in [2.05, 4.69) is 10.4 Å². The number of nitrogens with zero attached hydrogens (tertiary/aromatic N) is 2. The molecule has 0 fully saturated rings. The third-order valence-electron chi connectivity index (χ3n) is 3.98. The summed E-state index contributed by atoms with van der Waals surface area (Å²) in [7, 11) is 2.95.